The van der Waals surface area contributed by atoms with Crippen molar-refractivity contribution in [3.63, 3.8) is 0 Å². The number of halogens is 2. The maximum absolute atomic E-state index is 8.66. The quantitative estimate of drug-likeness (QED) is 0.722. The standard InChI is InChI=1S/C9H7Br2N/c1-6(10)7-2-3-8(5-12)9(11)4-7/h2-4,6H,1H3. The van der Waals surface area contributed by atoms with Crippen molar-refractivity contribution >= 4 is 31.9 Å². The third-order valence-electron chi connectivity index (χ3n) is 1.57. The Morgan fingerprint density at radius 2 is 2.17 bits per heavy atom. The lowest BCUT2D eigenvalue weighted by atomic mass is 10.1. The minimum Gasteiger partial charge on any atom is -0.192 e. The van der Waals surface area contributed by atoms with Crippen molar-refractivity contribution in [3.05, 3.63) is 33.8 Å². The number of hydrogen-bond acceptors (Lipinski definition) is 1. The van der Waals surface area contributed by atoms with E-state index in [4.69, 9.17) is 5.26 Å². The summed E-state index contributed by atoms with van der Waals surface area (Å²) in [5, 5.41) is 8.66. The highest BCUT2D eigenvalue weighted by atomic mass is 79.9. The van der Waals surface area contributed by atoms with Gasteiger partial charge in [-0.1, -0.05) is 22.0 Å². The molecule has 0 amide bonds. The molecule has 1 aromatic carbocycles. The maximum atomic E-state index is 8.66. The van der Waals surface area contributed by atoms with E-state index in [1.165, 1.54) is 5.56 Å². The number of hydrogen-bond donors (Lipinski definition) is 0. The highest BCUT2D eigenvalue weighted by Gasteiger charge is 2.03. The van der Waals surface area contributed by atoms with E-state index >= 15 is 0 Å². The van der Waals surface area contributed by atoms with Gasteiger partial charge in [0.2, 0.25) is 0 Å². The number of benzene rings is 1. The van der Waals surface area contributed by atoms with Crippen molar-refractivity contribution < 1.29 is 0 Å². The Balaban J connectivity index is 3.12. The van der Waals surface area contributed by atoms with E-state index in [0.29, 0.717) is 10.4 Å². The molecule has 0 radical (unpaired) electrons. The molecule has 0 fully saturated rings. The van der Waals surface area contributed by atoms with Crippen LogP contribution in [0.3, 0.4) is 0 Å². The smallest absolute Gasteiger partial charge is 0.100 e. The molecule has 0 spiro atoms. The van der Waals surface area contributed by atoms with Crippen LogP contribution in [0.15, 0.2) is 22.7 Å². The summed E-state index contributed by atoms with van der Waals surface area (Å²) >= 11 is 6.79. The Labute approximate surface area is 88.7 Å². The Kier molecular flexibility index (Phi) is 3.30. The Morgan fingerprint density at radius 1 is 1.50 bits per heavy atom. The molecule has 0 N–H and O–H groups in total. The topological polar surface area (TPSA) is 23.8 Å². The van der Waals surface area contributed by atoms with Crippen molar-refractivity contribution in [2.75, 3.05) is 0 Å². The molecule has 12 heavy (non-hydrogen) atoms. The predicted octanol–water partition coefficient (Wildman–Crippen LogP) is 3.78. The van der Waals surface area contributed by atoms with Gasteiger partial charge in [0.1, 0.15) is 6.07 Å². The van der Waals surface area contributed by atoms with Gasteiger partial charge in [-0.25, -0.2) is 0 Å². The zero-order valence-electron chi connectivity index (χ0n) is 6.51. The molecule has 0 aliphatic carbocycles. The second-order valence-corrected chi connectivity index (χ2v) is 4.69. The van der Waals surface area contributed by atoms with E-state index in [1.807, 2.05) is 25.1 Å². The molecule has 0 saturated heterocycles. The van der Waals surface area contributed by atoms with E-state index < -0.39 is 0 Å². The van der Waals surface area contributed by atoms with Crippen LogP contribution in [0, 0.1) is 11.3 Å². The van der Waals surface area contributed by atoms with Crippen molar-refractivity contribution in [2.24, 2.45) is 0 Å². The van der Waals surface area contributed by atoms with Gasteiger partial charge in [0.25, 0.3) is 0 Å². The van der Waals surface area contributed by atoms with Crippen LogP contribution in [0.2, 0.25) is 0 Å². The lowest BCUT2D eigenvalue weighted by molar-refractivity contribution is 1.12. The first kappa shape index (κ1) is 9.76. The lowest BCUT2D eigenvalue weighted by Gasteiger charge is -2.04. The fourth-order valence-electron chi connectivity index (χ4n) is 0.869. The van der Waals surface area contributed by atoms with Gasteiger partial charge in [-0.05, 0) is 40.5 Å². The summed E-state index contributed by atoms with van der Waals surface area (Å²) < 4.78 is 0.855. The average molecular weight is 289 g/mol. The highest BCUT2D eigenvalue weighted by molar-refractivity contribution is 9.10. The Hall–Kier alpha value is -0.330. The Morgan fingerprint density at radius 3 is 2.58 bits per heavy atom. The molecule has 0 aliphatic heterocycles. The van der Waals surface area contributed by atoms with Crippen LogP contribution in [-0.2, 0) is 0 Å². The monoisotopic (exact) mass is 287 g/mol. The molecule has 1 unspecified atom stereocenters. The molecule has 62 valence electrons. The van der Waals surface area contributed by atoms with Crippen molar-refractivity contribution in [1.82, 2.24) is 0 Å². The summed E-state index contributed by atoms with van der Waals surface area (Å²) in [5.41, 5.74) is 1.84. The van der Waals surface area contributed by atoms with E-state index in [1.54, 1.807) is 0 Å². The number of rotatable bonds is 1. The minimum atomic E-state index is 0.321. The van der Waals surface area contributed by atoms with Gasteiger partial charge in [-0.3, -0.25) is 0 Å². The maximum Gasteiger partial charge on any atom is 0.100 e. The van der Waals surface area contributed by atoms with Crippen molar-refractivity contribution in [2.45, 2.75) is 11.8 Å². The summed E-state index contributed by atoms with van der Waals surface area (Å²) in [6, 6.07) is 7.82. The van der Waals surface area contributed by atoms with E-state index in [-0.39, 0.29) is 0 Å². The fraction of sp³-hybridized carbons (Fsp3) is 0.222. The van der Waals surface area contributed by atoms with Gasteiger partial charge in [0.15, 0.2) is 0 Å². The number of nitriles is 1. The van der Waals surface area contributed by atoms with Crippen LogP contribution >= 0.6 is 31.9 Å². The molecule has 0 heterocycles. The van der Waals surface area contributed by atoms with Crippen molar-refractivity contribution in [1.29, 1.82) is 5.26 Å². The summed E-state index contributed by atoms with van der Waals surface area (Å²) in [6.07, 6.45) is 0. The van der Waals surface area contributed by atoms with Gasteiger partial charge >= 0.3 is 0 Å². The minimum absolute atomic E-state index is 0.321. The van der Waals surface area contributed by atoms with E-state index in [9.17, 15) is 0 Å². The number of alkyl halides is 1. The molecule has 1 aromatic rings. The summed E-state index contributed by atoms with van der Waals surface area (Å²) in [4.78, 5) is 0.321. The van der Waals surface area contributed by atoms with Gasteiger partial charge in [-0.15, -0.1) is 0 Å². The molecule has 0 saturated carbocycles. The third kappa shape index (κ3) is 2.09. The van der Waals surface area contributed by atoms with Crippen LogP contribution in [0.5, 0.6) is 0 Å². The third-order valence-corrected chi connectivity index (χ3v) is 2.76. The largest absolute Gasteiger partial charge is 0.192 e. The van der Waals surface area contributed by atoms with Crippen LogP contribution in [-0.4, -0.2) is 0 Å². The molecular formula is C9H7Br2N. The fourth-order valence-corrected chi connectivity index (χ4v) is 1.64. The molecule has 3 heteroatoms. The number of nitrogens with zero attached hydrogens (tertiary/aromatic N) is 1. The van der Waals surface area contributed by atoms with Gasteiger partial charge in [-0.2, -0.15) is 5.26 Å². The molecule has 1 atom stereocenters. The van der Waals surface area contributed by atoms with Crippen molar-refractivity contribution in [3.8, 4) is 6.07 Å². The predicted molar refractivity (Wildman–Crippen MR) is 56.2 cm³/mol. The SMILES string of the molecule is CC(Br)c1ccc(C#N)c(Br)c1. The first-order valence-electron chi connectivity index (χ1n) is 3.48. The van der Waals surface area contributed by atoms with Gasteiger partial charge in [0, 0.05) is 9.30 Å². The zero-order valence-corrected chi connectivity index (χ0v) is 9.68. The highest BCUT2D eigenvalue weighted by Crippen LogP contribution is 2.26. The molecule has 0 bridgehead atoms. The van der Waals surface area contributed by atoms with Gasteiger partial charge < -0.3 is 0 Å². The molecule has 0 aliphatic rings. The second kappa shape index (κ2) is 4.06. The van der Waals surface area contributed by atoms with Crippen LogP contribution in [0.1, 0.15) is 22.9 Å². The molecule has 1 nitrogen and oxygen atoms in total. The first-order chi connectivity index (χ1) is 5.65. The zero-order chi connectivity index (χ0) is 9.14. The van der Waals surface area contributed by atoms with Crippen LogP contribution < -0.4 is 0 Å². The van der Waals surface area contributed by atoms with E-state index in [2.05, 4.69) is 37.9 Å². The lowest BCUT2D eigenvalue weighted by Crippen LogP contribution is -1.85. The van der Waals surface area contributed by atoms with Crippen LogP contribution in [0.25, 0.3) is 0 Å². The summed E-state index contributed by atoms with van der Waals surface area (Å²) in [7, 11) is 0. The normalized spacial score (nSPS) is 12.2. The second-order valence-electron chi connectivity index (χ2n) is 2.47. The van der Waals surface area contributed by atoms with Crippen LogP contribution in [0.4, 0.5) is 0 Å². The van der Waals surface area contributed by atoms with E-state index in [0.717, 1.165) is 4.47 Å². The summed E-state index contributed by atoms with van der Waals surface area (Å²) in [6.45, 7) is 2.05. The molecular weight excluding hydrogens is 282 g/mol. The average Bonchev–Trinajstić information content (AvgIpc) is 2.04. The molecule has 0 aromatic heterocycles. The summed E-state index contributed by atoms with van der Waals surface area (Å²) in [5.74, 6) is 0. The molecule has 1 rings (SSSR count). The Bertz CT molecular complexity index is 326. The first-order valence-corrected chi connectivity index (χ1v) is 5.19. The van der Waals surface area contributed by atoms with Gasteiger partial charge in [0.05, 0.1) is 5.56 Å².